The minimum absolute atomic E-state index is 0.0628. The van der Waals surface area contributed by atoms with E-state index in [-0.39, 0.29) is 11.3 Å². The van der Waals surface area contributed by atoms with Crippen molar-refractivity contribution in [3.8, 4) is 5.88 Å². The number of nitrogens with zero attached hydrogens (tertiary/aromatic N) is 3. The summed E-state index contributed by atoms with van der Waals surface area (Å²) in [6.07, 6.45) is 2.89. The topological polar surface area (TPSA) is 90.2 Å². The van der Waals surface area contributed by atoms with Crippen molar-refractivity contribution in [1.82, 2.24) is 9.97 Å². The van der Waals surface area contributed by atoms with Gasteiger partial charge >= 0.3 is 0 Å². The average molecular weight is 381 g/mol. The van der Waals surface area contributed by atoms with Gasteiger partial charge in [-0.05, 0) is 48.3 Å². The third-order valence-electron chi connectivity index (χ3n) is 2.71. The Hall–Kier alpha value is -2.22. The molecule has 0 aliphatic rings. The van der Waals surface area contributed by atoms with Crippen LogP contribution in [0.1, 0.15) is 26.3 Å². The highest BCUT2D eigenvalue weighted by atomic mass is 79.9. The number of hydrogen-bond acceptors (Lipinski definition) is 6. The van der Waals surface area contributed by atoms with E-state index in [9.17, 15) is 10.1 Å². The summed E-state index contributed by atoms with van der Waals surface area (Å²) in [5.41, 5.74) is 0.584. The SMILES string of the molecule is CC(C)(C)Oc1cc(CNc2ncc([N+](=O)[O-])cc2Br)ccn1. The lowest BCUT2D eigenvalue weighted by Crippen LogP contribution is -2.23. The van der Waals surface area contributed by atoms with Crippen LogP contribution in [0.2, 0.25) is 0 Å². The molecule has 7 nitrogen and oxygen atoms in total. The fraction of sp³-hybridized carbons (Fsp3) is 0.333. The van der Waals surface area contributed by atoms with Gasteiger partial charge in [0.15, 0.2) is 0 Å². The minimum atomic E-state index is -0.486. The second-order valence-corrected chi connectivity index (χ2v) is 6.71. The molecule has 8 heteroatoms. The first-order chi connectivity index (χ1) is 10.7. The number of halogens is 1. The van der Waals surface area contributed by atoms with Gasteiger partial charge in [0.05, 0.1) is 9.40 Å². The fourth-order valence-electron chi connectivity index (χ4n) is 1.77. The lowest BCUT2D eigenvalue weighted by molar-refractivity contribution is -0.385. The van der Waals surface area contributed by atoms with Crippen LogP contribution in [-0.2, 0) is 6.54 Å². The van der Waals surface area contributed by atoms with Crippen LogP contribution in [0, 0.1) is 10.1 Å². The van der Waals surface area contributed by atoms with Gasteiger partial charge in [0.1, 0.15) is 17.6 Å². The molecule has 2 rings (SSSR count). The number of nitrogens with one attached hydrogen (secondary N) is 1. The summed E-state index contributed by atoms with van der Waals surface area (Å²) in [5, 5.41) is 13.8. The molecular weight excluding hydrogens is 364 g/mol. The zero-order valence-corrected chi connectivity index (χ0v) is 14.6. The van der Waals surface area contributed by atoms with Crippen molar-refractivity contribution < 1.29 is 9.66 Å². The van der Waals surface area contributed by atoms with Crippen LogP contribution in [0.4, 0.5) is 11.5 Å². The summed E-state index contributed by atoms with van der Waals surface area (Å²) in [6, 6.07) is 5.12. The zero-order chi connectivity index (χ0) is 17.0. The molecule has 0 aliphatic heterocycles. The average Bonchev–Trinajstić information content (AvgIpc) is 2.44. The molecule has 2 heterocycles. The second-order valence-electron chi connectivity index (χ2n) is 5.85. The van der Waals surface area contributed by atoms with Gasteiger partial charge in [-0.1, -0.05) is 0 Å². The number of ether oxygens (including phenoxy) is 1. The van der Waals surface area contributed by atoms with Crippen molar-refractivity contribution in [3.63, 3.8) is 0 Å². The van der Waals surface area contributed by atoms with Crippen LogP contribution in [-0.4, -0.2) is 20.5 Å². The molecule has 0 fully saturated rings. The number of anilines is 1. The number of nitro groups is 1. The molecule has 0 unspecified atom stereocenters. The van der Waals surface area contributed by atoms with Gasteiger partial charge in [-0.3, -0.25) is 10.1 Å². The molecule has 0 aliphatic carbocycles. The molecule has 0 saturated carbocycles. The van der Waals surface area contributed by atoms with Gasteiger partial charge < -0.3 is 10.1 Å². The van der Waals surface area contributed by atoms with E-state index in [1.165, 1.54) is 12.3 Å². The number of hydrogen-bond donors (Lipinski definition) is 1. The maximum Gasteiger partial charge on any atom is 0.288 e. The molecular formula is C15H17BrN4O3. The van der Waals surface area contributed by atoms with Crippen LogP contribution >= 0.6 is 15.9 Å². The number of aromatic nitrogens is 2. The summed E-state index contributed by atoms with van der Waals surface area (Å²) in [6.45, 7) is 6.36. The lowest BCUT2D eigenvalue weighted by atomic mass is 10.2. The Balaban J connectivity index is 2.06. The number of pyridine rings is 2. The predicted octanol–water partition coefficient (Wildman–Crippen LogP) is 3.94. The Kier molecular flexibility index (Phi) is 5.15. The Morgan fingerprint density at radius 2 is 2.09 bits per heavy atom. The standard InChI is InChI=1S/C15H17BrN4O3/c1-15(2,3)23-13-6-10(4-5-17-13)8-18-14-12(16)7-11(9-19-14)20(21)22/h4-7,9H,8H2,1-3H3,(H,18,19). The number of rotatable bonds is 5. The lowest BCUT2D eigenvalue weighted by Gasteiger charge is -2.20. The Labute approximate surface area is 142 Å². The van der Waals surface area contributed by atoms with E-state index >= 15 is 0 Å². The first-order valence-electron chi connectivity index (χ1n) is 6.92. The molecule has 0 bridgehead atoms. The first-order valence-corrected chi connectivity index (χ1v) is 7.72. The molecule has 2 aromatic rings. The Morgan fingerprint density at radius 1 is 1.35 bits per heavy atom. The van der Waals surface area contributed by atoms with Gasteiger partial charge in [0.2, 0.25) is 5.88 Å². The largest absolute Gasteiger partial charge is 0.472 e. The second kappa shape index (κ2) is 6.91. The maximum absolute atomic E-state index is 10.7. The van der Waals surface area contributed by atoms with Crippen molar-refractivity contribution in [1.29, 1.82) is 0 Å². The van der Waals surface area contributed by atoms with Crippen LogP contribution in [0.5, 0.6) is 5.88 Å². The minimum Gasteiger partial charge on any atom is -0.472 e. The summed E-state index contributed by atoms with van der Waals surface area (Å²) >= 11 is 3.28. The van der Waals surface area contributed by atoms with Gasteiger partial charge in [0.25, 0.3) is 5.69 Å². The van der Waals surface area contributed by atoms with E-state index < -0.39 is 4.92 Å². The molecule has 0 atom stereocenters. The quantitative estimate of drug-likeness (QED) is 0.623. The molecule has 23 heavy (non-hydrogen) atoms. The molecule has 0 spiro atoms. The van der Waals surface area contributed by atoms with Crippen molar-refractivity contribution in [2.24, 2.45) is 0 Å². The maximum atomic E-state index is 10.7. The predicted molar refractivity (Wildman–Crippen MR) is 90.5 cm³/mol. The van der Waals surface area contributed by atoms with Crippen LogP contribution in [0.15, 0.2) is 35.1 Å². The van der Waals surface area contributed by atoms with Crippen LogP contribution < -0.4 is 10.1 Å². The Morgan fingerprint density at radius 3 is 2.70 bits per heavy atom. The molecule has 122 valence electrons. The van der Waals surface area contributed by atoms with E-state index in [0.29, 0.717) is 22.7 Å². The molecule has 1 N–H and O–H groups in total. The Bertz CT molecular complexity index is 716. The van der Waals surface area contributed by atoms with Crippen molar-refractivity contribution in [3.05, 3.63) is 50.7 Å². The van der Waals surface area contributed by atoms with Gasteiger partial charge in [-0.15, -0.1) is 0 Å². The smallest absolute Gasteiger partial charge is 0.288 e. The van der Waals surface area contributed by atoms with Crippen LogP contribution in [0.25, 0.3) is 0 Å². The zero-order valence-electron chi connectivity index (χ0n) is 13.0. The van der Waals surface area contributed by atoms with E-state index in [1.807, 2.05) is 32.9 Å². The van der Waals surface area contributed by atoms with Crippen molar-refractivity contribution in [2.45, 2.75) is 32.9 Å². The monoisotopic (exact) mass is 380 g/mol. The third-order valence-corrected chi connectivity index (χ3v) is 3.31. The van der Waals surface area contributed by atoms with E-state index in [0.717, 1.165) is 5.56 Å². The summed E-state index contributed by atoms with van der Waals surface area (Å²) in [5.74, 6) is 1.08. The summed E-state index contributed by atoms with van der Waals surface area (Å²) in [7, 11) is 0. The highest BCUT2D eigenvalue weighted by molar-refractivity contribution is 9.10. The van der Waals surface area contributed by atoms with Crippen molar-refractivity contribution >= 4 is 27.4 Å². The van der Waals surface area contributed by atoms with Gasteiger partial charge in [-0.2, -0.15) is 0 Å². The van der Waals surface area contributed by atoms with Crippen LogP contribution in [0.3, 0.4) is 0 Å². The van der Waals surface area contributed by atoms with Gasteiger partial charge in [0, 0.05) is 24.9 Å². The van der Waals surface area contributed by atoms with Crippen molar-refractivity contribution in [2.75, 3.05) is 5.32 Å². The van der Waals surface area contributed by atoms with E-state index in [4.69, 9.17) is 4.74 Å². The molecule has 0 amide bonds. The fourth-order valence-corrected chi connectivity index (χ4v) is 2.25. The summed E-state index contributed by atoms with van der Waals surface area (Å²) in [4.78, 5) is 18.4. The highest BCUT2D eigenvalue weighted by Crippen LogP contribution is 2.25. The molecule has 0 aromatic carbocycles. The third kappa shape index (κ3) is 5.17. The van der Waals surface area contributed by atoms with E-state index in [2.05, 4.69) is 31.2 Å². The summed E-state index contributed by atoms with van der Waals surface area (Å²) < 4.78 is 6.26. The van der Waals surface area contributed by atoms with Gasteiger partial charge in [-0.25, -0.2) is 9.97 Å². The molecule has 0 saturated heterocycles. The molecule has 2 aromatic heterocycles. The van der Waals surface area contributed by atoms with E-state index in [1.54, 1.807) is 6.20 Å². The molecule has 0 radical (unpaired) electrons. The highest BCUT2D eigenvalue weighted by Gasteiger charge is 2.13. The first kappa shape index (κ1) is 17.1. The normalized spacial score (nSPS) is 11.1.